The first kappa shape index (κ1) is 12.8. The van der Waals surface area contributed by atoms with Crippen LogP contribution in [0.3, 0.4) is 0 Å². The quantitative estimate of drug-likeness (QED) is 0.758. The molecule has 17 heavy (non-hydrogen) atoms. The van der Waals surface area contributed by atoms with Crippen LogP contribution in [0.2, 0.25) is 0 Å². The summed E-state index contributed by atoms with van der Waals surface area (Å²) < 4.78 is 10.6. The molecule has 98 valence electrons. The Balaban J connectivity index is 1.98. The molecule has 4 atom stereocenters. The van der Waals surface area contributed by atoms with Gasteiger partial charge in [-0.3, -0.25) is 4.79 Å². The summed E-state index contributed by atoms with van der Waals surface area (Å²) in [6.07, 6.45) is 2.67. The standard InChI is InChI=1S/C13H23NO3/c1-8(12(15)16-4)14-10-9-6-5-7-17-11(9)13(10,2)3/h8-11,14H,5-7H2,1-4H3. The maximum Gasteiger partial charge on any atom is 0.322 e. The number of fused-ring (bicyclic) bond motifs is 1. The van der Waals surface area contributed by atoms with Gasteiger partial charge in [-0.15, -0.1) is 0 Å². The Kier molecular flexibility index (Phi) is 3.46. The largest absolute Gasteiger partial charge is 0.468 e. The number of methoxy groups -OCH3 is 1. The number of nitrogens with one attached hydrogen (secondary N) is 1. The van der Waals surface area contributed by atoms with Crippen molar-refractivity contribution in [3.63, 3.8) is 0 Å². The summed E-state index contributed by atoms with van der Waals surface area (Å²) in [7, 11) is 1.43. The SMILES string of the molecule is COC(=O)C(C)NC1C2CCCOC2C1(C)C. The van der Waals surface area contributed by atoms with Gasteiger partial charge in [0.25, 0.3) is 0 Å². The second-order valence-corrected chi connectivity index (χ2v) is 5.81. The van der Waals surface area contributed by atoms with Crippen molar-refractivity contribution in [1.82, 2.24) is 5.32 Å². The fourth-order valence-electron chi connectivity index (χ4n) is 3.37. The molecule has 0 aromatic carbocycles. The second-order valence-electron chi connectivity index (χ2n) is 5.81. The Bertz CT molecular complexity index is 303. The fraction of sp³-hybridized carbons (Fsp3) is 0.923. The Labute approximate surface area is 103 Å². The Morgan fingerprint density at radius 2 is 2.24 bits per heavy atom. The number of hydrogen-bond donors (Lipinski definition) is 1. The third kappa shape index (κ3) is 2.08. The summed E-state index contributed by atoms with van der Waals surface area (Å²) in [6, 6.07) is 0.106. The van der Waals surface area contributed by atoms with Crippen LogP contribution >= 0.6 is 0 Å². The van der Waals surface area contributed by atoms with Crippen LogP contribution in [-0.4, -0.2) is 37.9 Å². The molecule has 2 rings (SSSR count). The van der Waals surface area contributed by atoms with Crippen LogP contribution in [0.15, 0.2) is 0 Å². The number of ether oxygens (including phenoxy) is 2. The zero-order chi connectivity index (χ0) is 12.6. The van der Waals surface area contributed by atoms with E-state index in [2.05, 4.69) is 19.2 Å². The molecule has 2 fully saturated rings. The molecule has 1 heterocycles. The maximum absolute atomic E-state index is 11.4. The molecule has 1 N–H and O–H groups in total. The van der Waals surface area contributed by atoms with Gasteiger partial charge in [0.05, 0.1) is 13.2 Å². The Morgan fingerprint density at radius 1 is 1.53 bits per heavy atom. The summed E-state index contributed by atoms with van der Waals surface area (Å²) >= 11 is 0. The maximum atomic E-state index is 11.4. The van der Waals surface area contributed by atoms with Gasteiger partial charge in [-0.05, 0) is 19.8 Å². The van der Waals surface area contributed by atoms with E-state index in [1.54, 1.807) is 0 Å². The smallest absolute Gasteiger partial charge is 0.322 e. The average molecular weight is 241 g/mol. The van der Waals surface area contributed by atoms with Gasteiger partial charge in [-0.25, -0.2) is 0 Å². The van der Waals surface area contributed by atoms with Crippen LogP contribution in [0.5, 0.6) is 0 Å². The minimum Gasteiger partial charge on any atom is -0.468 e. The zero-order valence-corrected chi connectivity index (χ0v) is 11.2. The van der Waals surface area contributed by atoms with Crippen LogP contribution in [0, 0.1) is 11.3 Å². The van der Waals surface area contributed by atoms with Crippen LogP contribution < -0.4 is 5.32 Å². The lowest BCUT2D eigenvalue weighted by Crippen LogP contribution is -2.70. The summed E-state index contributed by atoms with van der Waals surface area (Å²) in [5.74, 6) is 0.354. The van der Waals surface area contributed by atoms with Crippen LogP contribution in [0.4, 0.5) is 0 Å². The molecule has 0 aromatic heterocycles. The molecule has 2 aliphatic rings. The highest BCUT2D eigenvalue weighted by atomic mass is 16.5. The van der Waals surface area contributed by atoms with E-state index in [9.17, 15) is 4.79 Å². The van der Waals surface area contributed by atoms with E-state index in [-0.39, 0.29) is 17.4 Å². The van der Waals surface area contributed by atoms with Gasteiger partial charge in [0.1, 0.15) is 6.04 Å². The molecule has 4 nitrogen and oxygen atoms in total. The van der Waals surface area contributed by atoms with Crippen molar-refractivity contribution < 1.29 is 14.3 Å². The second kappa shape index (κ2) is 4.58. The molecule has 0 bridgehead atoms. The van der Waals surface area contributed by atoms with Gasteiger partial charge in [0.15, 0.2) is 0 Å². The summed E-state index contributed by atoms with van der Waals surface area (Å²) in [6.45, 7) is 7.16. The molecule has 1 aliphatic heterocycles. The van der Waals surface area contributed by atoms with Crippen molar-refractivity contribution in [2.24, 2.45) is 11.3 Å². The monoisotopic (exact) mass is 241 g/mol. The third-order valence-corrected chi connectivity index (χ3v) is 4.32. The van der Waals surface area contributed by atoms with Crippen molar-refractivity contribution in [1.29, 1.82) is 0 Å². The number of carbonyl (C=O) groups is 1. The van der Waals surface area contributed by atoms with Gasteiger partial charge < -0.3 is 14.8 Å². The molecule has 0 aromatic rings. The van der Waals surface area contributed by atoms with Gasteiger partial charge in [0.2, 0.25) is 0 Å². The zero-order valence-electron chi connectivity index (χ0n) is 11.2. The van der Waals surface area contributed by atoms with Crippen LogP contribution in [-0.2, 0) is 14.3 Å². The summed E-state index contributed by atoms with van der Waals surface area (Å²) in [4.78, 5) is 11.4. The predicted molar refractivity (Wildman–Crippen MR) is 64.6 cm³/mol. The van der Waals surface area contributed by atoms with Crippen molar-refractivity contribution in [3.8, 4) is 0 Å². The lowest BCUT2D eigenvalue weighted by Gasteiger charge is -2.60. The molecule has 4 unspecified atom stereocenters. The third-order valence-electron chi connectivity index (χ3n) is 4.32. The summed E-state index contributed by atoms with van der Waals surface area (Å²) in [5.41, 5.74) is 0.105. The molecule has 1 saturated carbocycles. The van der Waals surface area contributed by atoms with E-state index in [1.165, 1.54) is 13.5 Å². The lowest BCUT2D eigenvalue weighted by molar-refractivity contribution is -0.195. The average Bonchev–Trinajstić information content (AvgIpc) is 2.34. The molecule has 0 radical (unpaired) electrons. The highest BCUT2D eigenvalue weighted by molar-refractivity contribution is 5.75. The van der Waals surface area contributed by atoms with Gasteiger partial charge in [0, 0.05) is 24.0 Å². The predicted octanol–water partition coefficient (Wildman–Crippen LogP) is 1.34. The van der Waals surface area contributed by atoms with Gasteiger partial charge in [-0.1, -0.05) is 13.8 Å². The first-order valence-corrected chi connectivity index (χ1v) is 6.44. The normalized spacial score (nSPS) is 36.6. The Morgan fingerprint density at radius 3 is 2.88 bits per heavy atom. The van der Waals surface area contributed by atoms with Crippen LogP contribution in [0.25, 0.3) is 0 Å². The molecule has 1 aliphatic carbocycles. The van der Waals surface area contributed by atoms with Crippen molar-refractivity contribution in [2.45, 2.75) is 51.8 Å². The van der Waals surface area contributed by atoms with E-state index >= 15 is 0 Å². The van der Waals surface area contributed by atoms with E-state index in [0.717, 1.165) is 13.0 Å². The highest BCUT2D eigenvalue weighted by Crippen LogP contribution is 2.51. The van der Waals surface area contributed by atoms with E-state index < -0.39 is 0 Å². The minimum absolute atomic E-state index is 0.105. The minimum atomic E-state index is -0.243. The summed E-state index contributed by atoms with van der Waals surface area (Å²) in [5, 5.41) is 3.40. The molecule has 1 saturated heterocycles. The van der Waals surface area contributed by atoms with Crippen molar-refractivity contribution in [2.75, 3.05) is 13.7 Å². The molecule has 0 amide bonds. The number of esters is 1. The number of rotatable bonds is 3. The molecular formula is C13H23NO3. The topological polar surface area (TPSA) is 47.6 Å². The van der Waals surface area contributed by atoms with E-state index in [0.29, 0.717) is 18.1 Å². The lowest BCUT2D eigenvalue weighted by atomic mass is 9.55. The van der Waals surface area contributed by atoms with E-state index in [1.807, 2.05) is 6.92 Å². The van der Waals surface area contributed by atoms with E-state index in [4.69, 9.17) is 9.47 Å². The van der Waals surface area contributed by atoms with Gasteiger partial charge in [-0.2, -0.15) is 0 Å². The molecule has 4 heteroatoms. The van der Waals surface area contributed by atoms with Crippen LogP contribution in [0.1, 0.15) is 33.6 Å². The first-order valence-electron chi connectivity index (χ1n) is 6.44. The highest BCUT2D eigenvalue weighted by Gasteiger charge is 2.58. The molecular weight excluding hydrogens is 218 g/mol. The number of carbonyl (C=O) groups excluding carboxylic acids is 1. The fourth-order valence-corrected chi connectivity index (χ4v) is 3.37. The van der Waals surface area contributed by atoms with Crippen molar-refractivity contribution >= 4 is 5.97 Å². The van der Waals surface area contributed by atoms with Crippen molar-refractivity contribution in [3.05, 3.63) is 0 Å². The Hall–Kier alpha value is -0.610. The number of hydrogen-bond acceptors (Lipinski definition) is 4. The van der Waals surface area contributed by atoms with Gasteiger partial charge >= 0.3 is 5.97 Å². The molecule has 0 spiro atoms. The first-order chi connectivity index (χ1) is 7.98.